The lowest BCUT2D eigenvalue weighted by Gasteiger charge is -2.38. The fourth-order valence-electron chi connectivity index (χ4n) is 3.84. The maximum Gasteiger partial charge on any atom is 0.306 e. The number of carboxylic acids is 1. The normalized spacial score (nSPS) is 37.2. The van der Waals surface area contributed by atoms with Crippen molar-refractivity contribution in [3.63, 3.8) is 0 Å². The highest BCUT2D eigenvalue weighted by Gasteiger charge is 2.35. The van der Waals surface area contributed by atoms with Crippen LogP contribution in [0.15, 0.2) is 0 Å². The molecule has 0 spiro atoms. The molecule has 16 heavy (non-hydrogen) atoms. The van der Waals surface area contributed by atoms with Gasteiger partial charge >= 0.3 is 5.97 Å². The molecule has 2 rings (SSSR count). The second-order valence-electron chi connectivity index (χ2n) is 5.89. The van der Waals surface area contributed by atoms with Crippen LogP contribution in [0, 0.1) is 23.7 Å². The van der Waals surface area contributed by atoms with E-state index in [2.05, 4.69) is 6.92 Å². The average molecular weight is 224 g/mol. The Morgan fingerprint density at radius 3 is 2.25 bits per heavy atom. The topological polar surface area (TPSA) is 37.3 Å². The van der Waals surface area contributed by atoms with Crippen molar-refractivity contribution in [2.45, 2.75) is 58.3 Å². The summed E-state index contributed by atoms with van der Waals surface area (Å²) in [5.74, 6) is 1.48. The first-order valence-electron chi connectivity index (χ1n) is 6.91. The summed E-state index contributed by atoms with van der Waals surface area (Å²) in [6.07, 6.45) is 10.2. The van der Waals surface area contributed by atoms with E-state index in [0.717, 1.165) is 31.1 Å². The fraction of sp³-hybridized carbons (Fsp3) is 0.929. The van der Waals surface area contributed by atoms with Crippen molar-refractivity contribution in [1.82, 2.24) is 0 Å². The average Bonchev–Trinajstić information content (AvgIpc) is 2.29. The van der Waals surface area contributed by atoms with E-state index in [-0.39, 0.29) is 5.92 Å². The molecular weight excluding hydrogens is 200 g/mol. The van der Waals surface area contributed by atoms with Crippen LogP contribution in [0.3, 0.4) is 0 Å². The molecule has 1 N–H and O–H groups in total. The predicted octanol–water partition coefficient (Wildman–Crippen LogP) is 3.70. The second kappa shape index (κ2) is 5.20. The van der Waals surface area contributed by atoms with Crippen LogP contribution in [0.25, 0.3) is 0 Å². The number of carboxylic acid groups (broad SMARTS) is 1. The van der Waals surface area contributed by atoms with Crippen molar-refractivity contribution < 1.29 is 9.90 Å². The minimum atomic E-state index is -0.574. The Balaban J connectivity index is 1.88. The smallest absolute Gasteiger partial charge is 0.306 e. The van der Waals surface area contributed by atoms with Gasteiger partial charge in [0.1, 0.15) is 0 Å². The highest BCUT2D eigenvalue weighted by Crippen LogP contribution is 2.42. The molecule has 2 aliphatic rings. The first-order chi connectivity index (χ1) is 7.68. The van der Waals surface area contributed by atoms with Crippen molar-refractivity contribution in [3.05, 3.63) is 0 Å². The Kier molecular flexibility index (Phi) is 3.88. The fourth-order valence-corrected chi connectivity index (χ4v) is 3.84. The molecule has 0 aromatic heterocycles. The van der Waals surface area contributed by atoms with Crippen molar-refractivity contribution >= 4 is 5.97 Å². The van der Waals surface area contributed by atoms with Gasteiger partial charge in [-0.15, -0.1) is 0 Å². The molecule has 92 valence electrons. The van der Waals surface area contributed by atoms with E-state index in [1.54, 1.807) is 0 Å². The van der Waals surface area contributed by atoms with Gasteiger partial charge in [-0.05, 0) is 37.0 Å². The summed E-state index contributed by atoms with van der Waals surface area (Å²) in [5, 5.41) is 9.11. The number of hydrogen-bond donors (Lipinski definition) is 1. The Hall–Kier alpha value is -0.530. The van der Waals surface area contributed by atoms with Crippen LogP contribution in [0.2, 0.25) is 0 Å². The number of aliphatic carboxylic acids is 1. The van der Waals surface area contributed by atoms with Gasteiger partial charge in [0.15, 0.2) is 0 Å². The zero-order valence-electron chi connectivity index (χ0n) is 10.3. The summed E-state index contributed by atoms with van der Waals surface area (Å²) < 4.78 is 0. The van der Waals surface area contributed by atoms with Gasteiger partial charge in [0, 0.05) is 0 Å². The van der Waals surface area contributed by atoms with Crippen molar-refractivity contribution in [2.75, 3.05) is 0 Å². The van der Waals surface area contributed by atoms with Gasteiger partial charge in [0.05, 0.1) is 5.92 Å². The van der Waals surface area contributed by atoms with Gasteiger partial charge in [-0.2, -0.15) is 0 Å². The summed E-state index contributed by atoms with van der Waals surface area (Å²) in [4.78, 5) is 11.0. The zero-order chi connectivity index (χ0) is 11.5. The maximum absolute atomic E-state index is 11.0. The van der Waals surface area contributed by atoms with Crippen molar-refractivity contribution in [2.24, 2.45) is 23.7 Å². The van der Waals surface area contributed by atoms with E-state index in [1.807, 2.05) is 0 Å². The number of hydrogen-bond acceptors (Lipinski definition) is 1. The first kappa shape index (κ1) is 11.9. The van der Waals surface area contributed by atoms with Crippen LogP contribution >= 0.6 is 0 Å². The number of carbonyl (C=O) groups is 1. The van der Waals surface area contributed by atoms with Gasteiger partial charge < -0.3 is 5.11 Å². The molecule has 3 atom stereocenters. The van der Waals surface area contributed by atoms with Gasteiger partial charge in [-0.1, -0.05) is 39.0 Å². The maximum atomic E-state index is 11.0. The molecule has 2 aliphatic carbocycles. The highest BCUT2D eigenvalue weighted by atomic mass is 16.4. The van der Waals surface area contributed by atoms with Crippen LogP contribution in [0.1, 0.15) is 58.3 Å². The Labute approximate surface area is 98.4 Å². The van der Waals surface area contributed by atoms with E-state index in [0.29, 0.717) is 5.92 Å². The molecular formula is C14H24O2. The van der Waals surface area contributed by atoms with Gasteiger partial charge in [-0.25, -0.2) is 0 Å². The van der Waals surface area contributed by atoms with Crippen LogP contribution in [-0.2, 0) is 4.79 Å². The summed E-state index contributed by atoms with van der Waals surface area (Å²) in [7, 11) is 0. The molecule has 2 nitrogen and oxygen atoms in total. The third-order valence-electron chi connectivity index (χ3n) is 4.84. The lowest BCUT2D eigenvalue weighted by atomic mass is 9.67. The van der Waals surface area contributed by atoms with Crippen LogP contribution in [-0.4, -0.2) is 11.1 Å². The molecule has 2 fully saturated rings. The third-order valence-corrected chi connectivity index (χ3v) is 4.84. The minimum Gasteiger partial charge on any atom is -0.481 e. The molecule has 2 heteroatoms. The predicted molar refractivity (Wildman–Crippen MR) is 64.2 cm³/mol. The van der Waals surface area contributed by atoms with E-state index in [1.165, 1.54) is 32.1 Å². The Morgan fingerprint density at radius 1 is 1.00 bits per heavy atom. The molecule has 0 bridgehead atoms. The van der Waals surface area contributed by atoms with Crippen molar-refractivity contribution in [1.29, 1.82) is 0 Å². The largest absolute Gasteiger partial charge is 0.481 e. The lowest BCUT2D eigenvalue weighted by molar-refractivity contribution is -0.145. The molecule has 0 saturated heterocycles. The molecule has 0 aromatic rings. The SMILES string of the molecule is CC1CC(C2CCCCC2)CCC1C(=O)O. The van der Waals surface area contributed by atoms with Gasteiger partial charge in [-0.3, -0.25) is 4.79 Å². The Bertz CT molecular complexity index is 243. The van der Waals surface area contributed by atoms with E-state index >= 15 is 0 Å². The third kappa shape index (κ3) is 2.58. The highest BCUT2D eigenvalue weighted by molar-refractivity contribution is 5.70. The summed E-state index contributed by atoms with van der Waals surface area (Å²) in [6, 6.07) is 0. The van der Waals surface area contributed by atoms with E-state index in [4.69, 9.17) is 5.11 Å². The van der Waals surface area contributed by atoms with E-state index < -0.39 is 5.97 Å². The van der Waals surface area contributed by atoms with Gasteiger partial charge in [0.2, 0.25) is 0 Å². The minimum absolute atomic E-state index is 0.0696. The molecule has 0 amide bonds. The quantitative estimate of drug-likeness (QED) is 0.776. The van der Waals surface area contributed by atoms with Crippen molar-refractivity contribution in [3.8, 4) is 0 Å². The summed E-state index contributed by atoms with van der Waals surface area (Å²) in [5.41, 5.74) is 0. The lowest BCUT2D eigenvalue weighted by Crippen LogP contribution is -2.32. The van der Waals surface area contributed by atoms with E-state index in [9.17, 15) is 4.79 Å². The molecule has 3 unspecified atom stereocenters. The Morgan fingerprint density at radius 2 is 1.69 bits per heavy atom. The zero-order valence-corrected chi connectivity index (χ0v) is 10.3. The van der Waals surface area contributed by atoms with Crippen LogP contribution in [0.5, 0.6) is 0 Å². The standard InChI is InChI=1S/C14H24O2/c1-10-9-12(7-8-13(10)14(15)16)11-5-3-2-4-6-11/h10-13H,2-9H2,1H3,(H,15,16). The van der Waals surface area contributed by atoms with Crippen LogP contribution < -0.4 is 0 Å². The molecule has 2 saturated carbocycles. The molecule has 0 heterocycles. The molecule has 0 aliphatic heterocycles. The molecule has 0 radical (unpaired) electrons. The summed E-state index contributed by atoms with van der Waals surface area (Å²) in [6.45, 7) is 2.13. The number of rotatable bonds is 2. The molecule has 0 aromatic carbocycles. The first-order valence-corrected chi connectivity index (χ1v) is 6.91. The second-order valence-corrected chi connectivity index (χ2v) is 5.89. The van der Waals surface area contributed by atoms with Crippen LogP contribution in [0.4, 0.5) is 0 Å². The summed E-state index contributed by atoms with van der Waals surface area (Å²) >= 11 is 0. The van der Waals surface area contributed by atoms with Gasteiger partial charge in [0.25, 0.3) is 0 Å². The monoisotopic (exact) mass is 224 g/mol.